The van der Waals surface area contributed by atoms with Gasteiger partial charge in [0.2, 0.25) is 5.78 Å². The summed E-state index contributed by atoms with van der Waals surface area (Å²) in [7, 11) is 0. The number of hydrogen-bond acceptors (Lipinski definition) is 6. The standard InChI is InChI=1S/C13H7Cl2NO5S/c14-7-1-2-9(16(19)20)8(5-7)13(18)21-6-10(17)11-3-4-12(15)22-11/h1-5H,6H2. The van der Waals surface area contributed by atoms with Crippen LogP contribution in [0.4, 0.5) is 5.69 Å². The van der Waals surface area contributed by atoms with Gasteiger partial charge in [0.25, 0.3) is 5.69 Å². The molecule has 0 unspecified atom stereocenters. The monoisotopic (exact) mass is 359 g/mol. The van der Waals surface area contributed by atoms with Gasteiger partial charge in [0.05, 0.1) is 14.1 Å². The summed E-state index contributed by atoms with van der Waals surface area (Å²) in [6.07, 6.45) is 0. The molecule has 22 heavy (non-hydrogen) atoms. The van der Waals surface area contributed by atoms with Crippen LogP contribution in [-0.2, 0) is 4.74 Å². The van der Waals surface area contributed by atoms with Crippen LogP contribution in [0, 0.1) is 10.1 Å². The number of nitrogens with zero attached hydrogens (tertiary/aromatic N) is 1. The van der Waals surface area contributed by atoms with Crippen LogP contribution in [0.15, 0.2) is 30.3 Å². The number of carbonyl (C=O) groups excluding carboxylic acids is 2. The summed E-state index contributed by atoms with van der Waals surface area (Å²) in [5, 5.41) is 11.0. The number of carbonyl (C=O) groups is 2. The second-order valence-corrected chi connectivity index (χ2v) is 6.17. The number of thiophene rings is 1. The fourth-order valence-electron chi connectivity index (χ4n) is 1.58. The van der Waals surface area contributed by atoms with Crippen LogP contribution >= 0.6 is 34.5 Å². The van der Waals surface area contributed by atoms with E-state index in [0.29, 0.717) is 9.21 Å². The van der Waals surface area contributed by atoms with Gasteiger partial charge in [-0.25, -0.2) is 4.79 Å². The molecule has 0 atom stereocenters. The minimum atomic E-state index is -0.995. The molecule has 1 aromatic heterocycles. The van der Waals surface area contributed by atoms with Crippen molar-refractivity contribution in [2.24, 2.45) is 0 Å². The van der Waals surface area contributed by atoms with E-state index in [9.17, 15) is 19.7 Å². The minimum absolute atomic E-state index is 0.147. The molecule has 0 fully saturated rings. The minimum Gasteiger partial charge on any atom is -0.453 e. The van der Waals surface area contributed by atoms with E-state index >= 15 is 0 Å². The normalized spacial score (nSPS) is 10.3. The van der Waals surface area contributed by atoms with Gasteiger partial charge in [0.1, 0.15) is 5.56 Å². The molecule has 6 nitrogen and oxygen atoms in total. The van der Waals surface area contributed by atoms with E-state index in [4.69, 9.17) is 27.9 Å². The first-order chi connectivity index (χ1) is 10.4. The molecule has 0 saturated heterocycles. The van der Waals surface area contributed by atoms with Crippen LogP contribution in [0.3, 0.4) is 0 Å². The summed E-state index contributed by atoms with van der Waals surface area (Å²) < 4.78 is 5.24. The van der Waals surface area contributed by atoms with Gasteiger partial charge in [-0.05, 0) is 24.3 Å². The average molecular weight is 360 g/mol. The van der Waals surface area contributed by atoms with Gasteiger partial charge in [-0.15, -0.1) is 11.3 Å². The quantitative estimate of drug-likeness (QED) is 0.348. The Hall–Kier alpha value is -1.96. The molecule has 0 bridgehead atoms. The van der Waals surface area contributed by atoms with Gasteiger partial charge in [0.15, 0.2) is 6.61 Å². The largest absolute Gasteiger partial charge is 0.453 e. The number of halogens is 2. The smallest absolute Gasteiger partial charge is 0.345 e. The molecule has 0 spiro atoms. The average Bonchev–Trinajstić information content (AvgIpc) is 2.90. The third-order valence-electron chi connectivity index (χ3n) is 2.56. The molecule has 0 aliphatic carbocycles. The zero-order valence-electron chi connectivity index (χ0n) is 10.7. The van der Waals surface area contributed by atoms with E-state index in [1.165, 1.54) is 12.1 Å². The number of nitro benzene ring substituents is 1. The highest BCUT2D eigenvalue weighted by molar-refractivity contribution is 7.18. The lowest BCUT2D eigenvalue weighted by Gasteiger charge is -2.04. The van der Waals surface area contributed by atoms with Crippen molar-refractivity contribution < 1.29 is 19.2 Å². The number of rotatable bonds is 5. The summed E-state index contributed by atoms with van der Waals surface area (Å²) in [4.78, 5) is 34.2. The third-order valence-corrected chi connectivity index (χ3v) is 4.06. The first-order valence-electron chi connectivity index (χ1n) is 5.78. The number of benzene rings is 1. The molecule has 0 amide bonds. The Morgan fingerprint density at radius 3 is 2.55 bits per heavy atom. The van der Waals surface area contributed by atoms with Crippen LogP contribution in [0.5, 0.6) is 0 Å². The molecule has 114 valence electrons. The third kappa shape index (κ3) is 3.82. The zero-order chi connectivity index (χ0) is 16.3. The van der Waals surface area contributed by atoms with E-state index < -0.39 is 29.0 Å². The Kier molecular flexibility index (Phi) is 5.12. The van der Waals surface area contributed by atoms with Crippen LogP contribution in [0.1, 0.15) is 20.0 Å². The van der Waals surface area contributed by atoms with Crippen molar-refractivity contribution in [1.29, 1.82) is 0 Å². The molecule has 0 aliphatic heterocycles. The van der Waals surface area contributed by atoms with Crippen LogP contribution in [-0.4, -0.2) is 23.3 Å². The maximum Gasteiger partial charge on any atom is 0.345 e. The molecular weight excluding hydrogens is 353 g/mol. The van der Waals surface area contributed by atoms with Crippen molar-refractivity contribution in [3.05, 3.63) is 60.2 Å². The number of esters is 1. The lowest BCUT2D eigenvalue weighted by molar-refractivity contribution is -0.385. The fraction of sp³-hybridized carbons (Fsp3) is 0.0769. The first kappa shape index (κ1) is 16.4. The van der Waals surface area contributed by atoms with Gasteiger partial charge in [-0.2, -0.15) is 0 Å². The Morgan fingerprint density at radius 1 is 1.23 bits per heavy atom. The molecule has 1 heterocycles. The molecule has 2 rings (SSSR count). The van der Waals surface area contributed by atoms with Crippen LogP contribution in [0.25, 0.3) is 0 Å². The van der Waals surface area contributed by atoms with Gasteiger partial charge >= 0.3 is 5.97 Å². The lowest BCUT2D eigenvalue weighted by atomic mass is 10.2. The maximum atomic E-state index is 11.9. The van der Waals surface area contributed by atoms with Gasteiger partial charge < -0.3 is 4.74 Å². The van der Waals surface area contributed by atoms with Crippen molar-refractivity contribution in [2.75, 3.05) is 6.61 Å². The molecule has 9 heteroatoms. The Balaban J connectivity index is 2.11. The van der Waals surface area contributed by atoms with Crippen LogP contribution in [0.2, 0.25) is 9.36 Å². The maximum absolute atomic E-state index is 11.9. The number of nitro groups is 1. The molecule has 1 aromatic carbocycles. The molecule has 0 aliphatic rings. The summed E-state index contributed by atoms with van der Waals surface area (Å²) in [5.74, 6) is -1.44. The molecule has 0 radical (unpaired) electrons. The van der Waals surface area contributed by atoms with Gasteiger partial charge in [-0.1, -0.05) is 23.2 Å². The number of hydrogen-bond donors (Lipinski definition) is 0. The number of ether oxygens (including phenoxy) is 1. The Labute approximate surface area is 138 Å². The van der Waals surface area contributed by atoms with E-state index in [0.717, 1.165) is 23.5 Å². The number of Topliss-reactive ketones (excluding diaryl/α,β-unsaturated/α-hetero) is 1. The topological polar surface area (TPSA) is 86.5 Å². The predicted octanol–water partition coefficient (Wildman–Crippen LogP) is 4.00. The Bertz CT molecular complexity index is 759. The highest BCUT2D eigenvalue weighted by Crippen LogP contribution is 2.24. The first-order valence-corrected chi connectivity index (χ1v) is 7.35. The number of ketones is 1. The second kappa shape index (κ2) is 6.87. The van der Waals surface area contributed by atoms with Crippen molar-refractivity contribution in [3.63, 3.8) is 0 Å². The predicted molar refractivity (Wildman–Crippen MR) is 82.0 cm³/mol. The van der Waals surface area contributed by atoms with E-state index in [1.54, 1.807) is 6.07 Å². The molecule has 2 aromatic rings. The van der Waals surface area contributed by atoms with Crippen molar-refractivity contribution in [3.8, 4) is 0 Å². The van der Waals surface area contributed by atoms with Crippen molar-refractivity contribution in [2.45, 2.75) is 0 Å². The van der Waals surface area contributed by atoms with E-state index in [-0.39, 0.29) is 10.6 Å². The summed E-state index contributed by atoms with van der Waals surface area (Å²) in [6, 6.07) is 6.55. The van der Waals surface area contributed by atoms with Gasteiger partial charge in [-0.3, -0.25) is 14.9 Å². The van der Waals surface area contributed by atoms with Crippen LogP contribution < -0.4 is 0 Å². The highest BCUT2D eigenvalue weighted by Gasteiger charge is 2.23. The highest BCUT2D eigenvalue weighted by atomic mass is 35.5. The molecular formula is C13H7Cl2NO5S. The summed E-state index contributed by atoms with van der Waals surface area (Å²) in [6.45, 7) is -0.542. The lowest BCUT2D eigenvalue weighted by Crippen LogP contribution is -2.14. The zero-order valence-corrected chi connectivity index (χ0v) is 13.1. The summed E-state index contributed by atoms with van der Waals surface area (Å²) >= 11 is 12.5. The molecule has 0 saturated carbocycles. The van der Waals surface area contributed by atoms with E-state index in [1.807, 2.05) is 0 Å². The SMILES string of the molecule is O=C(COC(=O)c1cc(Cl)ccc1[N+](=O)[O-])c1ccc(Cl)s1. The second-order valence-electron chi connectivity index (χ2n) is 4.02. The Morgan fingerprint density at radius 2 is 1.95 bits per heavy atom. The fourth-order valence-corrected chi connectivity index (χ4v) is 2.71. The van der Waals surface area contributed by atoms with Crippen molar-refractivity contribution in [1.82, 2.24) is 0 Å². The van der Waals surface area contributed by atoms with Crippen molar-refractivity contribution >= 4 is 52.0 Å². The van der Waals surface area contributed by atoms with E-state index in [2.05, 4.69) is 0 Å². The van der Waals surface area contributed by atoms with Gasteiger partial charge in [0, 0.05) is 11.1 Å². The summed E-state index contributed by atoms with van der Waals surface area (Å²) in [5.41, 5.74) is -0.754. The molecule has 0 N–H and O–H groups in total.